The molecule has 0 atom stereocenters. The number of nitrogens with zero attached hydrogens (tertiary/aromatic N) is 3. The number of fused-ring (bicyclic) bond motifs is 12. The summed E-state index contributed by atoms with van der Waals surface area (Å²) in [5.74, 6) is 0. The van der Waals surface area contributed by atoms with E-state index in [0.717, 1.165) is 100 Å². The molecule has 4 nitrogen and oxygen atoms in total. The molecule has 0 saturated carbocycles. The second-order valence-corrected chi connectivity index (χ2v) is 32.1. The van der Waals surface area contributed by atoms with Gasteiger partial charge in [0.15, 0.2) is 0 Å². The quantitative estimate of drug-likeness (QED) is 0.112. The van der Waals surface area contributed by atoms with E-state index in [9.17, 15) is 0 Å². The van der Waals surface area contributed by atoms with Gasteiger partial charge < -0.3 is 18.1 Å². The molecule has 24 aromatic rings. The Balaban J connectivity index is 0.000000121. The molecule has 0 aliphatic carbocycles. The molecule has 0 unspecified atom stereocenters. The van der Waals surface area contributed by atoms with Gasteiger partial charge in [-0.2, -0.15) is 54.6 Å². The molecular formula is C114H69N3OS2Y3-6. The molecule has 0 bridgehead atoms. The Bertz CT molecular complexity index is 7960. The van der Waals surface area contributed by atoms with Crippen LogP contribution in [0.1, 0.15) is 0 Å². The van der Waals surface area contributed by atoms with E-state index in [4.69, 9.17) is 4.42 Å². The van der Waals surface area contributed by atoms with Gasteiger partial charge in [0, 0.05) is 155 Å². The van der Waals surface area contributed by atoms with Gasteiger partial charge in [-0.05, 0) is 85.7 Å². The molecule has 0 fully saturated rings. The van der Waals surface area contributed by atoms with Crippen molar-refractivity contribution in [3.8, 4) is 117 Å². The zero-order valence-corrected chi connectivity index (χ0v) is 76.8. The van der Waals surface area contributed by atoms with Crippen LogP contribution in [0, 0.1) is 36.8 Å². The fourth-order valence-electron chi connectivity index (χ4n) is 17.2. The summed E-state index contributed by atoms with van der Waals surface area (Å²) in [5.41, 5.74) is 29.4. The van der Waals surface area contributed by atoms with Crippen molar-refractivity contribution in [2.75, 3.05) is 0 Å². The average molecular weight is 1830 g/mol. The molecule has 0 amide bonds. The van der Waals surface area contributed by atoms with E-state index >= 15 is 0 Å². The summed E-state index contributed by atoms with van der Waals surface area (Å²) in [6.45, 7) is 0. The third kappa shape index (κ3) is 15.3. The first kappa shape index (κ1) is 80.8. The van der Waals surface area contributed by atoms with Crippen LogP contribution in [0.2, 0.25) is 0 Å². The molecular weight excluding hydrogens is 1760 g/mol. The minimum Gasteiger partial charge on any atom is -0.455 e. The van der Waals surface area contributed by atoms with E-state index in [2.05, 4.69) is 433 Å². The first-order valence-electron chi connectivity index (χ1n) is 40.4. The minimum atomic E-state index is 0. The maximum atomic E-state index is 6.29. The minimum absolute atomic E-state index is 0. The van der Waals surface area contributed by atoms with Gasteiger partial charge in [0.1, 0.15) is 11.2 Å². The summed E-state index contributed by atoms with van der Waals surface area (Å²) in [7, 11) is 0. The molecule has 0 saturated heterocycles. The predicted molar refractivity (Wildman–Crippen MR) is 505 cm³/mol. The Morgan fingerprint density at radius 2 is 0.472 bits per heavy atom. The predicted octanol–water partition coefficient (Wildman–Crippen LogP) is 31.3. The van der Waals surface area contributed by atoms with Crippen molar-refractivity contribution in [2.24, 2.45) is 0 Å². The van der Waals surface area contributed by atoms with Gasteiger partial charge in [-0.25, -0.2) is 18.2 Å². The van der Waals surface area contributed by atoms with Crippen molar-refractivity contribution in [1.82, 2.24) is 13.7 Å². The number of furan rings is 1. The molecule has 18 aromatic carbocycles. The van der Waals surface area contributed by atoms with Crippen LogP contribution in [-0.2, 0) is 98.1 Å². The van der Waals surface area contributed by atoms with Gasteiger partial charge in [0.05, 0.1) is 0 Å². The van der Waals surface area contributed by atoms with Crippen LogP contribution < -0.4 is 0 Å². The van der Waals surface area contributed by atoms with Gasteiger partial charge in [-0.1, -0.05) is 407 Å². The zero-order valence-electron chi connectivity index (χ0n) is 66.6. The fraction of sp³-hybridized carbons (Fsp3) is 0. The van der Waals surface area contributed by atoms with Crippen molar-refractivity contribution < 1.29 is 103 Å². The Morgan fingerprint density at radius 3 is 0.854 bits per heavy atom. The molecule has 0 spiro atoms. The Kier molecular flexibility index (Phi) is 23.4. The summed E-state index contributed by atoms with van der Waals surface area (Å²) in [6, 6.07) is 158. The van der Waals surface area contributed by atoms with E-state index in [1.54, 1.807) is 0 Å². The second-order valence-electron chi connectivity index (χ2n) is 30.0. The molecule has 573 valence electrons. The molecule has 0 N–H and O–H groups in total. The van der Waals surface area contributed by atoms with Crippen LogP contribution in [0.15, 0.2) is 423 Å². The summed E-state index contributed by atoms with van der Waals surface area (Å²) in [6.07, 6.45) is 11.0. The summed E-state index contributed by atoms with van der Waals surface area (Å²) in [5, 5.41) is 11.0. The molecule has 123 heavy (non-hydrogen) atoms. The number of rotatable bonds is 12. The van der Waals surface area contributed by atoms with Gasteiger partial charge >= 0.3 is 0 Å². The van der Waals surface area contributed by atoms with Crippen LogP contribution >= 0.6 is 22.7 Å². The third-order valence-corrected chi connectivity index (χ3v) is 25.5. The number of hydrogen-bond acceptors (Lipinski definition) is 3. The first-order chi connectivity index (χ1) is 59.5. The van der Waals surface area contributed by atoms with E-state index in [1.165, 1.54) is 112 Å². The van der Waals surface area contributed by atoms with Crippen LogP contribution in [0.5, 0.6) is 0 Å². The standard InChI is InChI=1S/C44H27NS.C38H23NS.C32H19NO.3Y/c1-3-12-30(13-4-1)31-24-26-33(27-25-31)36-19-10-21-39-40-22-11-20-37(44(40)46-43(36)39)34-16-9-17-35(28-34)45-29-41(32-14-5-2-6-15-32)38-18-7-8-23-42(38)45;1-3-12-26(13-4-1)30-19-10-21-33-34-22-11-20-31(38(34)40-37(30)33)28-16-9-17-29(24-28)39-25-35(27-14-5-2-6-15-27)32-18-7-8-23-36(32)39;1-2-10-22(11-3-1)29-21-33(30-18-6-4-14-26(29)30)24-13-8-12-23(20-24)25-16-9-17-28-27-15-5-7-19-31(27)34-32(25)28;;;/h1-16,18-28H;1-16,18-24H;1-12,14-20H;;;/q3*-2;;;. The second kappa shape index (κ2) is 35.5. The maximum absolute atomic E-state index is 6.29. The van der Waals surface area contributed by atoms with Gasteiger partial charge in [-0.3, -0.25) is 0 Å². The monoisotopic (exact) mass is 1830 g/mol. The van der Waals surface area contributed by atoms with E-state index in [1.807, 2.05) is 59.1 Å². The summed E-state index contributed by atoms with van der Waals surface area (Å²) >= 11 is 3.77. The van der Waals surface area contributed by atoms with Crippen LogP contribution in [0.3, 0.4) is 0 Å². The molecule has 0 aliphatic rings. The number of thiophene rings is 2. The molecule has 3 radical (unpaired) electrons. The zero-order chi connectivity index (χ0) is 79.4. The summed E-state index contributed by atoms with van der Waals surface area (Å²) in [4.78, 5) is 0. The number of benzene rings is 18. The van der Waals surface area contributed by atoms with Crippen molar-refractivity contribution in [3.05, 3.63) is 455 Å². The Hall–Kier alpha value is -11.9. The Labute approximate surface area is 797 Å². The third-order valence-electron chi connectivity index (χ3n) is 23.0. The van der Waals surface area contributed by atoms with Gasteiger partial charge in [-0.15, -0.1) is 56.4 Å². The number of aromatic nitrogens is 3. The van der Waals surface area contributed by atoms with Crippen molar-refractivity contribution in [3.63, 3.8) is 0 Å². The molecule has 9 heteroatoms. The molecule has 24 rings (SSSR count). The van der Waals surface area contributed by atoms with Gasteiger partial charge in [0.2, 0.25) is 0 Å². The van der Waals surface area contributed by atoms with E-state index in [-0.39, 0.29) is 98.1 Å². The van der Waals surface area contributed by atoms with Crippen LogP contribution in [0.25, 0.3) is 212 Å². The summed E-state index contributed by atoms with van der Waals surface area (Å²) < 4.78 is 18.0. The maximum Gasteiger partial charge on any atom is 0.141 e. The molecule has 0 aliphatic heterocycles. The molecule has 6 aromatic heterocycles. The van der Waals surface area contributed by atoms with E-state index in [0.29, 0.717) is 0 Å². The van der Waals surface area contributed by atoms with Crippen LogP contribution in [-0.4, -0.2) is 13.7 Å². The molecule has 6 heterocycles. The largest absolute Gasteiger partial charge is 0.455 e. The Morgan fingerprint density at radius 1 is 0.203 bits per heavy atom. The number of hydrogen-bond donors (Lipinski definition) is 0. The fourth-order valence-corrected chi connectivity index (χ4v) is 20.0. The van der Waals surface area contributed by atoms with Crippen molar-refractivity contribution in [1.29, 1.82) is 0 Å². The smallest absolute Gasteiger partial charge is 0.141 e. The average Bonchev–Trinajstić information content (AvgIpc) is 1.61. The van der Waals surface area contributed by atoms with Crippen molar-refractivity contribution >= 4 is 118 Å². The van der Waals surface area contributed by atoms with E-state index < -0.39 is 0 Å². The number of para-hydroxylation sites is 5. The normalized spacial score (nSPS) is 11.2. The topological polar surface area (TPSA) is 27.9 Å². The van der Waals surface area contributed by atoms with Crippen LogP contribution in [0.4, 0.5) is 0 Å². The first-order valence-corrected chi connectivity index (χ1v) is 42.0. The van der Waals surface area contributed by atoms with Gasteiger partial charge in [0.25, 0.3) is 0 Å². The SMILES string of the molecule is [Y].[Y].[Y].[c-]1ccc(-c2cccc3c2oc2ccccc23)cc1-n1[c-]c(-c2ccccc2)c2ccccc21.[c-]1ccc(-c2cccc3c2sc2c(-c4ccc(-c5ccccc5)cc4)cccc23)cc1-n1[c-]c(-c2ccccc2)c2ccccc21.[c-]1ccc(-c2cccc3c2sc2c(-c4ccccc4)cccc23)cc1-n1[c-]c(-c2ccccc2)c2ccccc21. The van der Waals surface area contributed by atoms with Crippen molar-refractivity contribution in [2.45, 2.75) is 0 Å².